The van der Waals surface area contributed by atoms with Gasteiger partial charge in [0.15, 0.2) is 6.61 Å². The largest absolute Gasteiger partial charge is 0.508 e. The maximum absolute atomic E-state index is 14.8. The van der Waals surface area contributed by atoms with E-state index in [0.717, 1.165) is 22.0 Å². The highest BCUT2D eigenvalue weighted by atomic mass is 16.6. The molecule has 6 aromatic carbocycles. The van der Waals surface area contributed by atoms with Crippen LogP contribution in [0, 0.1) is 0 Å². The van der Waals surface area contributed by atoms with Gasteiger partial charge in [-0.1, -0.05) is 152 Å². The van der Waals surface area contributed by atoms with Crippen molar-refractivity contribution in [3.05, 3.63) is 209 Å². The van der Waals surface area contributed by atoms with E-state index in [0.29, 0.717) is 22.3 Å². The summed E-state index contributed by atoms with van der Waals surface area (Å²) in [6.45, 7) is 7.98. The Hall–Kier alpha value is -12.6. The number of H-pyrrole nitrogens is 1. The Kier molecular flexibility index (Phi) is 33.7. The van der Waals surface area contributed by atoms with Crippen molar-refractivity contribution in [1.82, 2.24) is 58.2 Å². The average molecular weight is 1540 g/mol. The molecule has 0 aliphatic carbocycles. The Morgan fingerprint density at radius 3 is 1.46 bits per heavy atom. The van der Waals surface area contributed by atoms with Gasteiger partial charge < -0.3 is 87.9 Å². The zero-order valence-electron chi connectivity index (χ0n) is 63.6. The first-order chi connectivity index (χ1) is 53.4. The van der Waals surface area contributed by atoms with Gasteiger partial charge >= 0.3 is 24.1 Å². The predicted octanol–water partition coefficient (Wildman–Crippen LogP) is 5.77. The minimum atomic E-state index is -1.71. The van der Waals surface area contributed by atoms with Gasteiger partial charge in [0, 0.05) is 62.3 Å². The molecule has 1 heterocycles. The topological polar surface area (TPSA) is 441 Å². The number of carbonyl (C=O) groups excluding carboxylic acids is 13. The van der Waals surface area contributed by atoms with Crippen LogP contribution in [0.4, 0.5) is 9.59 Å². The van der Waals surface area contributed by atoms with Crippen LogP contribution in [0.2, 0.25) is 0 Å². The minimum Gasteiger partial charge on any atom is -0.508 e. The first-order valence-corrected chi connectivity index (χ1v) is 36.9. The lowest BCUT2D eigenvalue weighted by molar-refractivity contribution is -0.156. The fraction of sp³-hybridized carbons (Fsp3) is 0.378. The summed E-state index contributed by atoms with van der Waals surface area (Å²) < 4.78 is 21.7. The number of alkyl carbamates (subject to hydrolysis) is 2. The molecule has 0 saturated heterocycles. The quantitative estimate of drug-likeness (QED) is 0.0123. The Morgan fingerprint density at radius 2 is 0.893 bits per heavy atom. The van der Waals surface area contributed by atoms with Crippen LogP contribution in [-0.4, -0.2) is 161 Å². The molecule has 11 amide bonds. The molecule has 0 bridgehead atoms. The van der Waals surface area contributed by atoms with Crippen molar-refractivity contribution in [3.8, 4) is 5.75 Å². The SMILES string of the molecule is CC(C)(C)OC(=O)C[C@H](NC(=O)[C@H](CCCNC(=O)CCCC(=O)NCCC[C@H](NC(=O)[C@H](Cc1ccc(O)cc1)NC(=O)OC(C)(C)C)C(=O)NCC(=O)OCC(=O)NC(c1ccccc1)c1ccccc1)NC(=O)[C@H](Cc1c[nH]c2ccccc12)NC(=O)OCc1ccccc1)C(=O)N[C@@H](Cc1ccccc1)C(N)=O. The number of amides is 11. The van der Waals surface area contributed by atoms with Crippen LogP contribution >= 0.6 is 0 Å². The summed E-state index contributed by atoms with van der Waals surface area (Å²) in [5.74, 6) is -8.98. The molecule has 30 heteroatoms. The molecule has 112 heavy (non-hydrogen) atoms. The number of hydrogen-bond acceptors (Lipinski definition) is 18. The number of carbonyl (C=O) groups is 13. The smallest absolute Gasteiger partial charge is 0.408 e. The third-order valence-electron chi connectivity index (χ3n) is 17.1. The van der Waals surface area contributed by atoms with Gasteiger partial charge in [-0.15, -0.1) is 0 Å². The Morgan fingerprint density at radius 1 is 0.429 bits per heavy atom. The summed E-state index contributed by atoms with van der Waals surface area (Å²) in [6.07, 6.45) is -1.79. The predicted molar refractivity (Wildman–Crippen MR) is 413 cm³/mol. The van der Waals surface area contributed by atoms with Gasteiger partial charge in [-0.2, -0.15) is 0 Å². The number of phenols is 1. The maximum atomic E-state index is 14.8. The second-order valence-corrected chi connectivity index (χ2v) is 28.6. The average Bonchev–Trinajstić information content (AvgIpc) is 1.67. The van der Waals surface area contributed by atoms with Crippen molar-refractivity contribution in [2.75, 3.05) is 26.2 Å². The van der Waals surface area contributed by atoms with E-state index in [2.05, 4.69) is 58.2 Å². The van der Waals surface area contributed by atoms with Crippen molar-refractivity contribution in [2.45, 2.75) is 172 Å². The highest BCUT2D eigenvalue weighted by molar-refractivity contribution is 5.98. The molecule has 0 unspecified atom stereocenters. The molecule has 0 radical (unpaired) electrons. The van der Waals surface area contributed by atoms with Crippen LogP contribution in [0.25, 0.3) is 10.9 Å². The van der Waals surface area contributed by atoms with Crippen LogP contribution in [0.3, 0.4) is 0 Å². The summed E-state index contributed by atoms with van der Waals surface area (Å²) in [4.78, 5) is 181. The number of fused-ring (bicyclic) bond motifs is 1. The van der Waals surface area contributed by atoms with Gasteiger partial charge in [0.05, 0.1) is 12.5 Å². The van der Waals surface area contributed by atoms with Crippen LogP contribution < -0.4 is 58.9 Å². The van der Waals surface area contributed by atoms with E-state index in [9.17, 15) is 67.4 Å². The van der Waals surface area contributed by atoms with Crippen molar-refractivity contribution < 1.29 is 86.4 Å². The molecule has 0 saturated carbocycles. The van der Waals surface area contributed by atoms with E-state index in [-0.39, 0.29) is 89.7 Å². The number of aromatic nitrogens is 1. The first-order valence-electron chi connectivity index (χ1n) is 36.9. The van der Waals surface area contributed by atoms with Crippen LogP contribution in [-0.2, 0) is 97.6 Å². The zero-order chi connectivity index (χ0) is 81.2. The minimum absolute atomic E-state index is 0.00110. The van der Waals surface area contributed by atoms with Crippen LogP contribution in [0.1, 0.15) is 132 Å². The molecule has 7 aromatic rings. The molecule has 0 aliphatic heterocycles. The second kappa shape index (κ2) is 43.5. The molecular weight excluding hydrogens is 1440 g/mol. The molecule has 0 spiro atoms. The third kappa shape index (κ3) is 31.2. The molecule has 596 valence electrons. The monoisotopic (exact) mass is 1540 g/mol. The summed E-state index contributed by atoms with van der Waals surface area (Å²) in [6, 6.07) is 39.6. The first kappa shape index (κ1) is 86.6. The molecule has 0 fully saturated rings. The Balaban J connectivity index is 0.984. The highest BCUT2D eigenvalue weighted by Crippen LogP contribution is 2.24. The summed E-state index contributed by atoms with van der Waals surface area (Å²) in [7, 11) is 0. The van der Waals surface area contributed by atoms with Crippen molar-refractivity contribution >= 4 is 88.2 Å². The molecule has 14 N–H and O–H groups in total. The summed E-state index contributed by atoms with van der Waals surface area (Å²) >= 11 is 0. The van der Waals surface area contributed by atoms with Crippen molar-refractivity contribution in [2.24, 2.45) is 5.73 Å². The van der Waals surface area contributed by atoms with Gasteiger partial charge in [-0.3, -0.25) is 52.7 Å². The van der Waals surface area contributed by atoms with Crippen molar-refractivity contribution in [3.63, 3.8) is 0 Å². The summed E-state index contributed by atoms with van der Waals surface area (Å²) in [5.41, 5.74) is 8.48. The lowest BCUT2D eigenvalue weighted by Crippen LogP contribution is -2.59. The maximum Gasteiger partial charge on any atom is 0.408 e. The lowest BCUT2D eigenvalue weighted by Gasteiger charge is -2.27. The van der Waals surface area contributed by atoms with Crippen LogP contribution in [0.5, 0.6) is 5.75 Å². The molecule has 1 aromatic heterocycles. The normalized spacial score (nSPS) is 12.8. The number of aromatic hydroxyl groups is 1. The number of nitrogens with two attached hydrogens (primary N) is 1. The van der Waals surface area contributed by atoms with Crippen molar-refractivity contribution in [1.29, 1.82) is 0 Å². The molecular formula is C82H100N12O18. The third-order valence-corrected chi connectivity index (χ3v) is 17.1. The van der Waals surface area contributed by atoms with E-state index >= 15 is 0 Å². The molecule has 0 aliphatic rings. The van der Waals surface area contributed by atoms with E-state index in [4.69, 9.17) is 24.7 Å². The molecule has 7 rings (SSSR count). The van der Waals surface area contributed by atoms with E-state index in [1.807, 2.05) is 78.9 Å². The van der Waals surface area contributed by atoms with Gasteiger partial charge in [-0.25, -0.2) is 9.59 Å². The van der Waals surface area contributed by atoms with E-state index < -0.39 is 150 Å². The lowest BCUT2D eigenvalue weighted by atomic mass is 9.99. The van der Waals surface area contributed by atoms with Crippen LogP contribution in [0.15, 0.2) is 176 Å². The zero-order valence-corrected chi connectivity index (χ0v) is 63.6. The molecule has 30 nitrogen and oxygen atoms in total. The fourth-order valence-corrected chi connectivity index (χ4v) is 11.6. The highest BCUT2D eigenvalue weighted by Gasteiger charge is 2.35. The number of aromatic amines is 1. The van der Waals surface area contributed by atoms with E-state index in [1.54, 1.807) is 114 Å². The number of rotatable bonds is 41. The van der Waals surface area contributed by atoms with Gasteiger partial charge in [0.2, 0.25) is 47.3 Å². The number of hydrogen-bond donors (Lipinski definition) is 13. The number of nitrogens with one attached hydrogen (secondary N) is 11. The molecule has 6 atom stereocenters. The van der Waals surface area contributed by atoms with Gasteiger partial charge in [-0.05, 0) is 125 Å². The number of primary amides is 1. The number of esters is 2. The Bertz CT molecular complexity index is 4270. The number of benzene rings is 6. The number of para-hydroxylation sites is 1. The number of ether oxygens (including phenoxy) is 4. The standard InChI is InChI=1S/C82H100N12O18/c1-81(2,3)111-70(99)47-66(78(106)90-63(73(83)101)44-52-24-11-7-12-25-52)91-75(103)62(89-77(105)65(46-57-48-86-60-33-20-19-32-59(57)60)92-79(107)110-50-54-26-13-8-14-27-54)35-23-43-85-68(97)37-21-36-67(96)84-42-22-34-61(88-76(104)64(93-80(108)112-82(4,5)6)45-53-38-40-58(95)41-39-53)74(102)87-49-71(100)109-51-69(98)94-72(55-28-15-9-16-29-55)56-30-17-10-18-31-56/h7-20,24-33,38-41,48,61-66,72,86,95H,21-23,34-37,42-47,49-51H2,1-6H3,(H2,83,101)(H,84,96)(H,85,97)(H,87,102)(H,88,104)(H,89,105)(H,90,106)(H,91,103)(H,92,107)(H,93,108)(H,94,98)/t61-,62-,63-,64-,65-,66-/m0/s1. The van der Waals surface area contributed by atoms with Gasteiger partial charge in [0.25, 0.3) is 5.91 Å². The van der Waals surface area contributed by atoms with E-state index in [1.165, 1.54) is 24.3 Å². The number of phenolic OH excluding ortho intramolecular Hbond substituents is 1. The van der Waals surface area contributed by atoms with Gasteiger partial charge in [0.1, 0.15) is 66.4 Å². The fourth-order valence-electron chi connectivity index (χ4n) is 11.6. The second-order valence-electron chi connectivity index (χ2n) is 28.6. The Labute approximate surface area is 649 Å². The summed E-state index contributed by atoms with van der Waals surface area (Å²) in [5, 5.41) is 37.1.